The standard InChI is InChI=1S/C17H18N4O2S.2H2O/c18-24-13-3-1-12(2-4-13)16-15-14(5-7-19-17(15)22)21(20-16)9-11-6-8-23-10-11;;/h1-5,7,11H,6,8-10,18H2,(H,19,22);2*1H2. The van der Waals surface area contributed by atoms with Crippen LogP contribution in [0.2, 0.25) is 0 Å². The van der Waals surface area contributed by atoms with E-state index in [0.717, 1.165) is 42.2 Å². The molecule has 7 N–H and O–H groups in total. The maximum atomic E-state index is 12.4. The topological polar surface area (TPSA) is 149 Å². The Balaban J connectivity index is 0.00000121. The van der Waals surface area contributed by atoms with E-state index in [2.05, 4.69) is 4.98 Å². The van der Waals surface area contributed by atoms with E-state index >= 15 is 0 Å². The van der Waals surface area contributed by atoms with Gasteiger partial charge in [-0.2, -0.15) is 5.10 Å². The molecule has 1 aliphatic rings. The Hall–Kier alpha value is -2.17. The first kappa shape index (κ1) is 20.1. The SMILES string of the molecule is NSc1ccc(-c2nn(CC3CCOC3)c3cc[nH]c(=O)c23)cc1.O.O. The van der Waals surface area contributed by atoms with Gasteiger partial charge < -0.3 is 20.7 Å². The normalized spacial score (nSPS) is 16.3. The van der Waals surface area contributed by atoms with E-state index in [9.17, 15) is 4.79 Å². The molecule has 3 aromatic rings. The second-order valence-corrected chi connectivity index (χ2v) is 6.68. The van der Waals surface area contributed by atoms with Crippen LogP contribution in [0.5, 0.6) is 0 Å². The zero-order chi connectivity index (χ0) is 16.5. The number of nitrogens with two attached hydrogens (primary N) is 1. The molecule has 26 heavy (non-hydrogen) atoms. The predicted molar refractivity (Wildman–Crippen MR) is 102 cm³/mol. The van der Waals surface area contributed by atoms with Gasteiger partial charge in [-0.15, -0.1) is 0 Å². The lowest BCUT2D eigenvalue weighted by Gasteiger charge is -2.08. The van der Waals surface area contributed by atoms with Crippen LogP contribution in [0.25, 0.3) is 22.2 Å². The summed E-state index contributed by atoms with van der Waals surface area (Å²) >= 11 is 1.20. The van der Waals surface area contributed by atoms with Crippen LogP contribution < -0.4 is 10.7 Å². The van der Waals surface area contributed by atoms with E-state index in [4.69, 9.17) is 15.0 Å². The Labute approximate surface area is 154 Å². The highest BCUT2D eigenvalue weighted by Crippen LogP contribution is 2.28. The van der Waals surface area contributed by atoms with E-state index in [-0.39, 0.29) is 16.5 Å². The second kappa shape index (κ2) is 8.47. The van der Waals surface area contributed by atoms with Gasteiger partial charge in [-0.05, 0) is 36.6 Å². The Morgan fingerprint density at radius 2 is 2.04 bits per heavy atom. The minimum atomic E-state index is -0.117. The monoisotopic (exact) mass is 378 g/mol. The number of rotatable bonds is 4. The van der Waals surface area contributed by atoms with Crippen molar-refractivity contribution in [3.8, 4) is 11.3 Å². The molecule has 0 bridgehead atoms. The van der Waals surface area contributed by atoms with Crippen LogP contribution in [0.1, 0.15) is 6.42 Å². The Morgan fingerprint density at radius 3 is 2.69 bits per heavy atom. The summed E-state index contributed by atoms with van der Waals surface area (Å²) in [6, 6.07) is 9.69. The molecule has 140 valence electrons. The smallest absolute Gasteiger partial charge is 0.259 e. The van der Waals surface area contributed by atoms with Crippen molar-refractivity contribution in [1.82, 2.24) is 14.8 Å². The summed E-state index contributed by atoms with van der Waals surface area (Å²) in [6.07, 6.45) is 2.70. The molecule has 1 atom stereocenters. The van der Waals surface area contributed by atoms with Crippen molar-refractivity contribution in [3.05, 3.63) is 46.9 Å². The van der Waals surface area contributed by atoms with Gasteiger partial charge in [0, 0.05) is 35.7 Å². The first-order valence-corrected chi connectivity index (χ1v) is 8.77. The van der Waals surface area contributed by atoms with Gasteiger partial charge in [0.2, 0.25) is 0 Å². The summed E-state index contributed by atoms with van der Waals surface area (Å²) in [5.74, 6) is 0.441. The Morgan fingerprint density at radius 1 is 1.27 bits per heavy atom. The molecule has 2 aromatic heterocycles. The number of H-pyrrole nitrogens is 1. The lowest BCUT2D eigenvalue weighted by molar-refractivity contribution is 0.182. The van der Waals surface area contributed by atoms with Crippen LogP contribution in [-0.4, -0.2) is 38.9 Å². The molecular formula is C17H22N4O4S. The van der Waals surface area contributed by atoms with Gasteiger partial charge in [-0.1, -0.05) is 12.1 Å². The summed E-state index contributed by atoms with van der Waals surface area (Å²) in [4.78, 5) is 16.1. The summed E-state index contributed by atoms with van der Waals surface area (Å²) in [6.45, 7) is 2.31. The highest BCUT2D eigenvalue weighted by atomic mass is 32.2. The number of nitrogens with zero attached hydrogens (tertiary/aromatic N) is 2. The van der Waals surface area contributed by atoms with Gasteiger partial charge in [0.1, 0.15) is 5.69 Å². The van der Waals surface area contributed by atoms with Gasteiger partial charge in [0.25, 0.3) is 5.56 Å². The highest BCUT2D eigenvalue weighted by molar-refractivity contribution is 7.97. The molecule has 3 heterocycles. The van der Waals surface area contributed by atoms with E-state index in [1.807, 2.05) is 35.0 Å². The van der Waals surface area contributed by atoms with Crippen molar-refractivity contribution in [3.63, 3.8) is 0 Å². The molecule has 4 rings (SSSR count). The zero-order valence-electron chi connectivity index (χ0n) is 14.1. The number of nitrogens with one attached hydrogen (secondary N) is 1. The van der Waals surface area contributed by atoms with Crippen molar-refractivity contribution in [2.24, 2.45) is 11.1 Å². The largest absolute Gasteiger partial charge is 0.412 e. The van der Waals surface area contributed by atoms with Crippen molar-refractivity contribution in [2.45, 2.75) is 17.9 Å². The number of pyridine rings is 1. The van der Waals surface area contributed by atoms with Crippen LogP contribution in [0, 0.1) is 5.92 Å². The van der Waals surface area contributed by atoms with Crippen molar-refractivity contribution in [2.75, 3.05) is 13.2 Å². The fourth-order valence-corrected chi connectivity index (χ4v) is 3.43. The van der Waals surface area contributed by atoms with Crippen molar-refractivity contribution in [1.29, 1.82) is 0 Å². The number of hydrogen-bond donors (Lipinski definition) is 2. The summed E-state index contributed by atoms with van der Waals surface area (Å²) in [5, 5.41) is 11.0. The average molecular weight is 378 g/mol. The van der Waals surface area contributed by atoms with Crippen LogP contribution >= 0.6 is 11.9 Å². The molecule has 0 aliphatic carbocycles. The maximum absolute atomic E-state index is 12.4. The lowest BCUT2D eigenvalue weighted by atomic mass is 10.1. The number of benzene rings is 1. The van der Waals surface area contributed by atoms with Gasteiger partial charge in [-0.3, -0.25) is 14.6 Å². The zero-order valence-corrected chi connectivity index (χ0v) is 14.9. The molecule has 0 spiro atoms. The third-order valence-corrected chi connectivity index (χ3v) is 4.94. The van der Waals surface area contributed by atoms with Crippen molar-refractivity contribution >= 4 is 22.9 Å². The minimum absolute atomic E-state index is 0. The van der Waals surface area contributed by atoms with E-state index < -0.39 is 0 Å². The third kappa shape index (κ3) is 3.67. The predicted octanol–water partition coefficient (Wildman–Crippen LogP) is 0.744. The summed E-state index contributed by atoms with van der Waals surface area (Å²) < 4.78 is 7.39. The summed E-state index contributed by atoms with van der Waals surface area (Å²) in [5.41, 5.74) is 2.36. The summed E-state index contributed by atoms with van der Waals surface area (Å²) in [7, 11) is 0. The van der Waals surface area contributed by atoms with Gasteiger partial charge in [0.15, 0.2) is 0 Å². The molecule has 9 heteroatoms. The van der Waals surface area contributed by atoms with E-state index in [0.29, 0.717) is 17.0 Å². The maximum Gasteiger partial charge on any atom is 0.259 e. The fraction of sp³-hybridized carbons (Fsp3) is 0.294. The van der Waals surface area contributed by atoms with Crippen LogP contribution in [0.15, 0.2) is 46.2 Å². The first-order chi connectivity index (χ1) is 11.8. The molecule has 1 unspecified atom stereocenters. The molecule has 1 aromatic carbocycles. The molecule has 1 fully saturated rings. The Bertz CT molecular complexity index is 917. The molecule has 8 nitrogen and oxygen atoms in total. The van der Waals surface area contributed by atoms with E-state index in [1.165, 1.54) is 11.9 Å². The average Bonchev–Trinajstić information content (AvgIpc) is 3.24. The van der Waals surface area contributed by atoms with Crippen LogP contribution in [0.3, 0.4) is 0 Å². The van der Waals surface area contributed by atoms with Gasteiger partial charge in [-0.25, -0.2) is 0 Å². The quantitative estimate of drug-likeness (QED) is 0.642. The number of ether oxygens (including phenoxy) is 1. The third-order valence-electron chi connectivity index (χ3n) is 4.39. The number of fused-ring (bicyclic) bond motifs is 1. The van der Waals surface area contributed by atoms with Crippen LogP contribution in [-0.2, 0) is 11.3 Å². The lowest BCUT2D eigenvalue weighted by Crippen LogP contribution is -2.12. The molecule has 0 radical (unpaired) electrons. The second-order valence-electron chi connectivity index (χ2n) is 5.97. The molecule has 0 saturated carbocycles. The van der Waals surface area contributed by atoms with Crippen LogP contribution in [0.4, 0.5) is 0 Å². The van der Waals surface area contributed by atoms with Gasteiger partial charge in [0.05, 0.1) is 17.5 Å². The fourth-order valence-electron chi connectivity index (χ4n) is 3.14. The molecule has 0 amide bonds. The van der Waals surface area contributed by atoms with Gasteiger partial charge >= 0.3 is 0 Å². The van der Waals surface area contributed by atoms with Crippen molar-refractivity contribution < 1.29 is 15.7 Å². The molecule has 1 aliphatic heterocycles. The minimum Gasteiger partial charge on any atom is -0.412 e. The molecule has 1 saturated heterocycles. The highest BCUT2D eigenvalue weighted by Gasteiger charge is 2.20. The Kier molecular flexibility index (Phi) is 6.57. The first-order valence-electron chi connectivity index (χ1n) is 7.89. The number of aromatic nitrogens is 3. The number of aromatic amines is 1. The molecular weight excluding hydrogens is 356 g/mol. The number of hydrogen-bond acceptors (Lipinski definition) is 5. The van der Waals surface area contributed by atoms with E-state index in [1.54, 1.807) is 6.20 Å².